The van der Waals surface area contributed by atoms with Crippen molar-refractivity contribution in [1.82, 2.24) is 4.31 Å². The molecule has 2 nitrogen and oxygen atoms in total. The molecule has 0 aromatic heterocycles. The molecule has 1 saturated carbocycles. The van der Waals surface area contributed by atoms with Crippen LogP contribution >= 0.6 is 23.5 Å². The van der Waals surface area contributed by atoms with Crippen LogP contribution in [0.15, 0.2) is 48.5 Å². The molecule has 1 unspecified atom stereocenters. The number of benzene rings is 2. The molecule has 0 saturated heterocycles. The summed E-state index contributed by atoms with van der Waals surface area (Å²) in [7, 11) is 2.18. The highest BCUT2D eigenvalue weighted by atomic mass is 35.5. The van der Waals surface area contributed by atoms with Crippen molar-refractivity contribution in [3.05, 3.63) is 70.2 Å². The zero-order valence-corrected chi connectivity index (χ0v) is 18.0. The van der Waals surface area contributed by atoms with Crippen LogP contribution in [0.25, 0.3) is 0 Å². The quantitative estimate of drug-likeness (QED) is 0.522. The third kappa shape index (κ3) is 4.71. The predicted molar refractivity (Wildman–Crippen MR) is 119 cm³/mol. The number of rotatable bonds is 9. The molecule has 0 spiro atoms. The molecule has 1 aliphatic rings. The van der Waals surface area contributed by atoms with Gasteiger partial charge in [0.2, 0.25) is 0 Å². The van der Waals surface area contributed by atoms with Crippen molar-refractivity contribution in [3.8, 4) is 0 Å². The van der Waals surface area contributed by atoms with Gasteiger partial charge in [0.1, 0.15) is 0 Å². The maximum atomic E-state index is 6.34. The van der Waals surface area contributed by atoms with E-state index in [-0.39, 0.29) is 5.41 Å². The Morgan fingerprint density at radius 3 is 2.52 bits per heavy atom. The molecule has 1 aliphatic carbocycles. The molecule has 2 N–H and O–H groups in total. The lowest BCUT2D eigenvalue weighted by Crippen LogP contribution is -2.43. The van der Waals surface area contributed by atoms with E-state index in [4.69, 9.17) is 17.3 Å². The second kappa shape index (κ2) is 9.47. The van der Waals surface area contributed by atoms with E-state index in [1.54, 1.807) is 0 Å². The van der Waals surface area contributed by atoms with Gasteiger partial charge in [-0.3, -0.25) is 0 Å². The summed E-state index contributed by atoms with van der Waals surface area (Å²) in [5, 5.41) is 0.798. The van der Waals surface area contributed by atoms with Crippen LogP contribution in [0.2, 0.25) is 5.02 Å². The Morgan fingerprint density at radius 2 is 1.93 bits per heavy atom. The van der Waals surface area contributed by atoms with E-state index in [2.05, 4.69) is 54.7 Å². The summed E-state index contributed by atoms with van der Waals surface area (Å²) in [5.74, 6) is 1.52. The second-order valence-electron chi connectivity index (χ2n) is 7.67. The minimum absolute atomic E-state index is 0.154. The summed E-state index contributed by atoms with van der Waals surface area (Å²) in [5.41, 5.74) is 10.6. The van der Waals surface area contributed by atoms with Gasteiger partial charge in [-0.05, 0) is 55.1 Å². The maximum Gasteiger partial charge on any atom is 0.0406 e. The Balaban J connectivity index is 1.84. The Bertz CT molecular complexity index is 727. The Labute approximate surface area is 173 Å². The van der Waals surface area contributed by atoms with E-state index >= 15 is 0 Å². The summed E-state index contributed by atoms with van der Waals surface area (Å²) in [6, 6.07) is 17.5. The monoisotopic (exact) mass is 402 g/mol. The van der Waals surface area contributed by atoms with Crippen molar-refractivity contribution in [2.75, 3.05) is 19.3 Å². The van der Waals surface area contributed by atoms with Gasteiger partial charge in [0.25, 0.3) is 0 Å². The van der Waals surface area contributed by atoms with Gasteiger partial charge >= 0.3 is 0 Å². The van der Waals surface area contributed by atoms with Crippen LogP contribution in [0.3, 0.4) is 0 Å². The molecule has 2 aromatic carbocycles. The molecule has 146 valence electrons. The first-order chi connectivity index (χ1) is 13.1. The van der Waals surface area contributed by atoms with Gasteiger partial charge in [0.15, 0.2) is 0 Å². The highest BCUT2D eigenvalue weighted by Crippen LogP contribution is 2.53. The molecule has 4 heteroatoms. The number of halogens is 1. The molecule has 0 heterocycles. The predicted octanol–water partition coefficient (Wildman–Crippen LogP) is 5.99. The van der Waals surface area contributed by atoms with Crippen LogP contribution in [0.4, 0.5) is 0 Å². The van der Waals surface area contributed by atoms with Crippen molar-refractivity contribution in [2.24, 2.45) is 5.73 Å². The Kier molecular flexibility index (Phi) is 7.27. The van der Waals surface area contributed by atoms with Crippen LogP contribution < -0.4 is 5.73 Å². The molecule has 0 aliphatic heterocycles. The van der Waals surface area contributed by atoms with E-state index in [1.807, 2.05) is 24.1 Å². The van der Waals surface area contributed by atoms with Crippen molar-refractivity contribution in [3.63, 3.8) is 0 Å². The fourth-order valence-electron chi connectivity index (χ4n) is 4.32. The van der Waals surface area contributed by atoms with Crippen LogP contribution in [0.5, 0.6) is 0 Å². The van der Waals surface area contributed by atoms with E-state index in [9.17, 15) is 0 Å². The zero-order chi connectivity index (χ0) is 19.3. The van der Waals surface area contributed by atoms with Crippen LogP contribution in [-0.4, -0.2) is 23.7 Å². The number of hydrogen-bond acceptors (Lipinski definition) is 3. The molecular weight excluding hydrogens is 372 g/mol. The summed E-state index contributed by atoms with van der Waals surface area (Å²) in [6.07, 6.45) is 4.88. The maximum absolute atomic E-state index is 6.34. The fourth-order valence-corrected chi connectivity index (χ4v) is 5.18. The third-order valence-electron chi connectivity index (χ3n) is 5.84. The average molecular weight is 403 g/mol. The standard InChI is InChI=1S/C23H31ClN2S/c1-3-14-27-26(2)17-18-6-4-7-19(15-18)22(16-25)23(12-5-13-23)20-8-10-21(24)11-9-20/h4,6-11,15,22H,3,5,12-14,16-17,25H2,1-2H3. The topological polar surface area (TPSA) is 29.3 Å². The van der Waals surface area contributed by atoms with Crippen LogP contribution in [-0.2, 0) is 12.0 Å². The van der Waals surface area contributed by atoms with Crippen LogP contribution in [0.1, 0.15) is 55.2 Å². The van der Waals surface area contributed by atoms with Gasteiger partial charge in [-0.2, -0.15) is 0 Å². The highest BCUT2D eigenvalue weighted by Gasteiger charge is 2.45. The third-order valence-corrected chi connectivity index (χ3v) is 7.25. The molecular formula is C23H31ClN2S. The normalized spacial score (nSPS) is 16.9. The van der Waals surface area contributed by atoms with Crippen LogP contribution in [0, 0.1) is 0 Å². The van der Waals surface area contributed by atoms with Crippen molar-refractivity contribution in [1.29, 1.82) is 0 Å². The molecule has 27 heavy (non-hydrogen) atoms. The van der Waals surface area contributed by atoms with Gasteiger partial charge < -0.3 is 5.73 Å². The van der Waals surface area contributed by atoms with Gasteiger partial charge in [0.05, 0.1) is 0 Å². The van der Waals surface area contributed by atoms with E-state index < -0.39 is 0 Å². The molecule has 0 bridgehead atoms. The summed E-state index contributed by atoms with van der Waals surface area (Å²) < 4.78 is 2.33. The summed E-state index contributed by atoms with van der Waals surface area (Å²) >= 11 is 8.03. The zero-order valence-electron chi connectivity index (χ0n) is 16.5. The van der Waals surface area contributed by atoms with Crippen molar-refractivity contribution in [2.45, 2.75) is 50.5 Å². The first kappa shape index (κ1) is 20.7. The Hall–Kier alpha value is -1.00. The lowest BCUT2D eigenvalue weighted by Gasteiger charge is -2.48. The summed E-state index contributed by atoms with van der Waals surface area (Å²) in [6.45, 7) is 3.86. The Morgan fingerprint density at radius 1 is 1.19 bits per heavy atom. The van der Waals surface area contributed by atoms with E-state index in [0.29, 0.717) is 12.5 Å². The minimum atomic E-state index is 0.154. The lowest BCUT2D eigenvalue weighted by atomic mass is 9.56. The van der Waals surface area contributed by atoms with Gasteiger partial charge in [-0.25, -0.2) is 4.31 Å². The molecule has 2 aromatic rings. The van der Waals surface area contributed by atoms with E-state index in [0.717, 1.165) is 11.6 Å². The molecule has 1 atom stereocenters. The lowest BCUT2D eigenvalue weighted by molar-refractivity contribution is 0.196. The molecule has 3 rings (SSSR count). The second-order valence-corrected chi connectivity index (χ2v) is 9.40. The van der Waals surface area contributed by atoms with Gasteiger partial charge in [0, 0.05) is 35.2 Å². The van der Waals surface area contributed by atoms with Crippen molar-refractivity contribution >= 4 is 23.5 Å². The molecule has 0 radical (unpaired) electrons. The minimum Gasteiger partial charge on any atom is -0.330 e. The largest absolute Gasteiger partial charge is 0.330 e. The smallest absolute Gasteiger partial charge is 0.0406 e. The first-order valence-electron chi connectivity index (χ1n) is 9.98. The van der Waals surface area contributed by atoms with Gasteiger partial charge in [-0.1, -0.05) is 73.3 Å². The molecule has 0 amide bonds. The summed E-state index contributed by atoms with van der Waals surface area (Å²) in [4.78, 5) is 0. The first-order valence-corrected chi connectivity index (χ1v) is 11.3. The average Bonchev–Trinajstić information content (AvgIpc) is 2.64. The highest BCUT2D eigenvalue weighted by molar-refractivity contribution is 7.96. The fraction of sp³-hybridized carbons (Fsp3) is 0.478. The van der Waals surface area contributed by atoms with E-state index in [1.165, 1.54) is 48.1 Å². The number of hydrogen-bond donors (Lipinski definition) is 1. The van der Waals surface area contributed by atoms with Gasteiger partial charge in [-0.15, -0.1) is 0 Å². The number of nitrogens with zero attached hydrogens (tertiary/aromatic N) is 1. The SMILES string of the molecule is CCCSN(C)Cc1cccc(C(CN)C2(c3ccc(Cl)cc3)CCC2)c1. The number of nitrogens with two attached hydrogens (primary N) is 1. The molecule has 1 fully saturated rings. The van der Waals surface area contributed by atoms with Crippen molar-refractivity contribution < 1.29 is 0 Å².